The molecule has 0 heterocycles. The first-order valence-corrected chi connectivity index (χ1v) is 9.66. The molecule has 4 heteroatoms. The van der Waals surface area contributed by atoms with Gasteiger partial charge in [-0.25, -0.2) is 0 Å². The Kier molecular flexibility index (Phi) is 9.89. The summed E-state index contributed by atoms with van der Waals surface area (Å²) in [5, 5.41) is 3.19. The Morgan fingerprint density at radius 3 is 2.27 bits per heavy atom. The van der Waals surface area contributed by atoms with Gasteiger partial charge in [0.1, 0.15) is 0 Å². The van der Waals surface area contributed by atoms with Crippen LogP contribution in [0, 0.1) is 17.3 Å². The van der Waals surface area contributed by atoms with Crippen molar-refractivity contribution < 1.29 is 14.3 Å². The summed E-state index contributed by atoms with van der Waals surface area (Å²) < 4.78 is 10.5. The van der Waals surface area contributed by atoms with E-state index in [0.717, 1.165) is 25.7 Å². The maximum atomic E-state index is 12.8. The molecule has 0 aliphatic rings. The average molecular weight is 364 g/mol. The van der Waals surface area contributed by atoms with Gasteiger partial charge in [0.05, 0.1) is 0 Å². The largest absolute Gasteiger partial charge is 0.356 e. The number of ether oxygens (including phenoxy) is 2. The van der Waals surface area contributed by atoms with Crippen molar-refractivity contribution in [2.24, 2.45) is 17.3 Å². The van der Waals surface area contributed by atoms with E-state index in [1.807, 2.05) is 18.2 Å². The van der Waals surface area contributed by atoms with E-state index in [1.165, 1.54) is 5.56 Å². The highest BCUT2D eigenvalue weighted by molar-refractivity contribution is 5.79. The van der Waals surface area contributed by atoms with Gasteiger partial charge in [-0.2, -0.15) is 0 Å². The molecule has 1 atom stereocenters. The summed E-state index contributed by atoms with van der Waals surface area (Å²) >= 11 is 0. The lowest BCUT2D eigenvalue weighted by atomic mass is 9.85. The van der Waals surface area contributed by atoms with Crippen LogP contribution in [0.2, 0.25) is 0 Å². The first-order valence-electron chi connectivity index (χ1n) is 9.66. The van der Waals surface area contributed by atoms with Gasteiger partial charge in [0, 0.05) is 26.7 Å². The van der Waals surface area contributed by atoms with Gasteiger partial charge in [0.2, 0.25) is 5.91 Å². The minimum atomic E-state index is -0.142. The number of amides is 1. The van der Waals surface area contributed by atoms with Crippen LogP contribution in [0.5, 0.6) is 0 Å². The van der Waals surface area contributed by atoms with E-state index in [9.17, 15) is 4.79 Å². The van der Waals surface area contributed by atoms with E-state index in [2.05, 4.69) is 45.1 Å². The molecule has 0 saturated heterocycles. The van der Waals surface area contributed by atoms with Crippen molar-refractivity contribution in [2.75, 3.05) is 20.8 Å². The zero-order valence-electron chi connectivity index (χ0n) is 17.4. The summed E-state index contributed by atoms with van der Waals surface area (Å²) in [6.07, 6.45) is 3.53. The van der Waals surface area contributed by atoms with Crippen molar-refractivity contribution in [2.45, 2.75) is 59.7 Å². The Bertz CT molecular complexity index is 509. The molecule has 1 amide bonds. The van der Waals surface area contributed by atoms with Crippen LogP contribution in [-0.2, 0) is 20.7 Å². The van der Waals surface area contributed by atoms with Crippen LogP contribution in [0.25, 0.3) is 0 Å². The van der Waals surface area contributed by atoms with E-state index >= 15 is 0 Å². The first-order chi connectivity index (χ1) is 12.3. The van der Waals surface area contributed by atoms with Gasteiger partial charge in [0.15, 0.2) is 6.29 Å². The molecule has 1 N–H and O–H groups in total. The number of carbonyl (C=O) groups is 1. The zero-order valence-corrected chi connectivity index (χ0v) is 17.4. The minimum absolute atomic E-state index is 0.000404. The molecule has 148 valence electrons. The van der Waals surface area contributed by atoms with Crippen molar-refractivity contribution in [3.05, 3.63) is 35.9 Å². The average Bonchev–Trinajstić information content (AvgIpc) is 2.62. The Hall–Kier alpha value is -1.39. The normalized spacial score (nSPS) is 13.2. The maximum Gasteiger partial charge on any atom is 0.223 e. The van der Waals surface area contributed by atoms with Gasteiger partial charge >= 0.3 is 0 Å². The molecule has 0 unspecified atom stereocenters. The Morgan fingerprint density at radius 2 is 1.73 bits per heavy atom. The second-order valence-corrected chi connectivity index (χ2v) is 8.22. The predicted octanol–water partition coefficient (Wildman–Crippen LogP) is 4.43. The maximum absolute atomic E-state index is 12.8. The van der Waals surface area contributed by atoms with E-state index in [1.54, 1.807) is 14.2 Å². The fourth-order valence-corrected chi connectivity index (χ4v) is 3.12. The third-order valence-electron chi connectivity index (χ3n) is 5.00. The van der Waals surface area contributed by atoms with Crippen LogP contribution in [0.4, 0.5) is 0 Å². The molecule has 1 aromatic carbocycles. The van der Waals surface area contributed by atoms with Gasteiger partial charge < -0.3 is 14.8 Å². The van der Waals surface area contributed by atoms with E-state index < -0.39 is 0 Å². The molecule has 26 heavy (non-hydrogen) atoms. The topological polar surface area (TPSA) is 47.6 Å². The lowest BCUT2D eigenvalue weighted by Crippen LogP contribution is -2.40. The number of rotatable bonds is 12. The second kappa shape index (κ2) is 11.3. The number of nitrogens with one attached hydrogen (secondary N) is 1. The fourth-order valence-electron chi connectivity index (χ4n) is 3.12. The molecular formula is C22H37NO3. The summed E-state index contributed by atoms with van der Waals surface area (Å²) in [7, 11) is 3.33. The lowest BCUT2D eigenvalue weighted by Gasteiger charge is -2.28. The third kappa shape index (κ3) is 8.33. The van der Waals surface area contributed by atoms with Crippen LogP contribution >= 0.6 is 0 Å². The summed E-state index contributed by atoms with van der Waals surface area (Å²) in [5.74, 6) is 0.464. The van der Waals surface area contributed by atoms with Crippen LogP contribution in [-0.4, -0.2) is 33.0 Å². The van der Waals surface area contributed by atoms with E-state index in [-0.39, 0.29) is 23.5 Å². The van der Waals surface area contributed by atoms with Crippen LogP contribution < -0.4 is 5.32 Å². The Labute approximate surface area is 159 Å². The smallest absolute Gasteiger partial charge is 0.223 e. The number of carbonyl (C=O) groups excluding carboxylic acids is 1. The molecule has 0 radical (unpaired) electrons. The van der Waals surface area contributed by atoms with E-state index in [4.69, 9.17) is 9.47 Å². The second-order valence-electron chi connectivity index (χ2n) is 8.22. The molecule has 1 aromatic rings. The number of hydrogen-bond donors (Lipinski definition) is 1. The summed E-state index contributed by atoms with van der Waals surface area (Å²) in [5.41, 5.74) is 1.27. The van der Waals surface area contributed by atoms with Crippen molar-refractivity contribution >= 4 is 5.91 Å². The molecule has 0 fully saturated rings. The van der Waals surface area contributed by atoms with Crippen LogP contribution in [0.15, 0.2) is 30.3 Å². The molecule has 4 nitrogen and oxygen atoms in total. The first kappa shape index (κ1) is 22.7. The highest BCUT2D eigenvalue weighted by atomic mass is 16.7. The van der Waals surface area contributed by atoms with Crippen molar-refractivity contribution in [3.63, 3.8) is 0 Å². The van der Waals surface area contributed by atoms with Gasteiger partial charge in [-0.05, 0) is 42.6 Å². The van der Waals surface area contributed by atoms with Crippen LogP contribution in [0.3, 0.4) is 0 Å². The quantitative estimate of drug-likeness (QED) is 0.559. The van der Waals surface area contributed by atoms with Crippen molar-refractivity contribution in [3.8, 4) is 0 Å². The number of hydrogen-bond acceptors (Lipinski definition) is 3. The molecule has 0 aliphatic carbocycles. The standard InChI is InChI=1S/C22H37NO3/c1-17(2)19(15-18-11-8-7-9-12-18)21(24)23-16-22(3,4)14-10-13-20(25-5)26-6/h7-9,11-12,17,19-20H,10,13-16H2,1-6H3,(H,23,24)/t19-/m0/s1. The summed E-state index contributed by atoms with van der Waals surface area (Å²) in [4.78, 5) is 12.8. The third-order valence-corrected chi connectivity index (χ3v) is 5.00. The molecule has 0 spiro atoms. The summed E-state index contributed by atoms with van der Waals surface area (Å²) in [6.45, 7) is 9.32. The summed E-state index contributed by atoms with van der Waals surface area (Å²) in [6, 6.07) is 10.2. The molecule has 0 aliphatic heterocycles. The van der Waals surface area contributed by atoms with Crippen molar-refractivity contribution in [1.29, 1.82) is 0 Å². The highest BCUT2D eigenvalue weighted by Crippen LogP contribution is 2.24. The number of methoxy groups -OCH3 is 2. The van der Waals surface area contributed by atoms with E-state index in [0.29, 0.717) is 12.5 Å². The highest BCUT2D eigenvalue weighted by Gasteiger charge is 2.25. The van der Waals surface area contributed by atoms with Gasteiger partial charge in [0.25, 0.3) is 0 Å². The molecular weight excluding hydrogens is 326 g/mol. The SMILES string of the molecule is COC(CCCC(C)(C)CNC(=O)[C@@H](Cc1ccccc1)C(C)C)OC. The van der Waals surface area contributed by atoms with Crippen LogP contribution in [0.1, 0.15) is 52.5 Å². The van der Waals surface area contributed by atoms with Gasteiger partial charge in [-0.3, -0.25) is 4.79 Å². The predicted molar refractivity (Wildman–Crippen MR) is 107 cm³/mol. The van der Waals surface area contributed by atoms with Crippen molar-refractivity contribution in [1.82, 2.24) is 5.32 Å². The molecule has 0 saturated carbocycles. The Balaban J connectivity index is 2.50. The monoisotopic (exact) mass is 363 g/mol. The lowest BCUT2D eigenvalue weighted by molar-refractivity contribution is -0.126. The Morgan fingerprint density at radius 1 is 1.12 bits per heavy atom. The molecule has 0 aromatic heterocycles. The number of benzene rings is 1. The van der Waals surface area contributed by atoms with Gasteiger partial charge in [-0.15, -0.1) is 0 Å². The molecule has 1 rings (SSSR count). The minimum Gasteiger partial charge on any atom is -0.356 e. The molecule has 0 bridgehead atoms. The fraction of sp³-hybridized carbons (Fsp3) is 0.682. The van der Waals surface area contributed by atoms with Gasteiger partial charge in [-0.1, -0.05) is 58.0 Å². The zero-order chi connectivity index (χ0) is 19.6.